The van der Waals surface area contributed by atoms with Gasteiger partial charge in [-0.1, -0.05) is 12.1 Å². The number of carbonyl (C=O) groups is 2. The monoisotopic (exact) mass is 403 g/mol. The molecule has 0 spiro atoms. The molecule has 0 saturated carbocycles. The Balaban J connectivity index is 1.50. The maximum Gasteiger partial charge on any atom is 0.254 e. The second-order valence-corrected chi connectivity index (χ2v) is 6.82. The van der Waals surface area contributed by atoms with Crippen molar-refractivity contribution < 1.29 is 23.1 Å². The molecule has 0 aliphatic carbocycles. The van der Waals surface area contributed by atoms with E-state index in [9.17, 15) is 18.4 Å². The van der Waals surface area contributed by atoms with Gasteiger partial charge in [-0.05, 0) is 29.8 Å². The number of hydrogen-bond donors (Lipinski definition) is 1. The van der Waals surface area contributed by atoms with Crippen LogP contribution in [-0.2, 0) is 16.1 Å². The fourth-order valence-corrected chi connectivity index (χ4v) is 3.06. The number of anilines is 1. The number of hydrogen-bond acceptors (Lipinski definition) is 4. The smallest absolute Gasteiger partial charge is 0.254 e. The molecule has 0 radical (unpaired) electrons. The Morgan fingerprint density at radius 1 is 1.10 bits per heavy atom. The van der Waals surface area contributed by atoms with E-state index in [1.165, 1.54) is 4.90 Å². The van der Waals surface area contributed by atoms with Gasteiger partial charge in [0.2, 0.25) is 5.91 Å². The van der Waals surface area contributed by atoms with Crippen LogP contribution in [0.5, 0.6) is 0 Å². The van der Waals surface area contributed by atoms with Crippen molar-refractivity contribution in [1.29, 1.82) is 0 Å². The minimum atomic E-state index is -0.969. The van der Waals surface area contributed by atoms with Gasteiger partial charge >= 0.3 is 0 Å². The number of morpholine rings is 1. The SMILES string of the molecule is CN(Cc1ccc(N2CCOCC2)cc1)C(=O)CNC(=O)c1ccc(F)cc1F. The number of carbonyl (C=O) groups excluding carboxylic acids is 2. The predicted molar refractivity (Wildman–Crippen MR) is 105 cm³/mol. The van der Waals surface area contributed by atoms with Crippen LogP contribution in [0.1, 0.15) is 15.9 Å². The van der Waals surface area contributed by atoms with Crippen molar-refractivity contribution in [3.05, 3.63) is 65.2 Å². The molecular formula is C21H23F2N3O3. The van der Waals surface area contributed by atoms with Gasteiger partial charge in [-0.2, -0.15) is 0 Å². The zero-order valence-electron chi connectivity index (χ0n) is 16.2. The Kier molecular flexibility index (Phi) is 6.77. The van der Waals surface area contributed by atoms with Crippen molar-refractivity contribution in [3.8, 4) is 0 Å². The number of rotatable bonds is 6. The fourth-order valence-electron chi connectivity index (χ4n) is 3.06. The Bertz CT molecular complexity index is 868. The van der Waals surface area contributed by atoms with E-state index in [0.717, 1.165) is 36.5 Å². The van der Waals surface area contributed by atoms with Crippen LogP contribution >= 0.6 is 0 Å². The van der Waals surface area contributed by atoms with Crippen LogP contribution in [0.2, 0.25) is 0 Å². The van der Waals surface area contributed by atoms with Crippen LogP contribution in [0.25, 0.3) is 0 Å². The number of nitrogens with one attached hydrogen (secondary N) is 1. The van der Waals surface area contributed by atoms with E-state index in [4.69, 9.17) is 4.74 Å². The summed E-state index contributed by atoms with van der Waals surface area (Å²) in [5.74, 6) is -2.82. The summed E-state index contributed by atoms with van der Waals surface area (Å²) in [7, 11) is 1.63. The maximum atomic E-state index is 13.6. The summed E-state index contributed by atoms with van der Waals surface area (Å²) >= 11 is 0. The van der Waals surface area contributed by atoms with Gasteiger partial charge < -0.3 is 19.9 Å². The maximum absolute atomic E-state index is 13.6. The Morgan fingerprint density at radius 3 is 2.45 bits per heavy atom. The van der Waals surface area contributed by atoms with Gasteiger partial charge in [-0.3, -0.25) is 9.59 Å². The third-order valence-corrected chi connectivity index (χ3v) is 4.73. The number of benzene rings is 2. The van der Waals surface area contributed by atoms with Gasteiger partial charge in [0.05, 0.1) is 25.3 Å². The van der Waals surface area contributed by atoms with E-state index in [1.807, 2.05) is 24.3 Å². The van der Waals surface area contributed by atoms with Crippen molar-refractivity contribution in [1.82, 2.24) is 10.2 Å². The lowest BCUT2D eigenvalue weighted by atomic mass is 10.1. The molecule has 0 bridgehead atoms. The number of nitrogens with zero attached hydrogens (tertiary/aromatic N) is 2. The molecule has 6 nitrogen and oxygen atoms in total. The summed E-state index contributed by atoms with van der Waals surface area (Å²) in [5.41, 5.74) is 1.76. The predicted octanol–water partition coefficient (Wildman–Crippen LogP) is 2.19. The van der Waals surface area contributed by atoms with Crippen molar-refractivity contribution in [2.45, 2.75) is 6.54 Å². The molecule has 1 fully saturated rings. The van der Waals surface area contributed by atoms with Gasteiger partial charge in [-0.15, -0.1) is 0 Å². The molecule has 0 atom stereocenters. The zero-order valence-corrected chi connectivity index (χ0v) is 16.2. The largest absolute Gasteiger partial charge is 0.378 e. The molecule has 1 saturated heterocycles. The topological polar surface area (TPSA) is 61.9 Å². The third kappa shape index (κ3) is 5.51. The molecule has 1 heterocycles. The lowest BCUT2D eigenvalue weighted by molar-refractivity contribution is -0.129. The van der Waals surface area contributed by atoms with Crippen LogP contribution in [0.15, 0.2) is 42.5 Å². The van der Waals surface area contributed by atoms with E-state index < -0.39 is 17.5 Å². The lowest BCUT2D eigenvalue weighted by Crippen LogP contribution is -2.38. The van der Waals surface area contributed by atoms with Crippen LogP contribution in [0.3, 0.4) is 0 Å². The highest BCUT2D eigenvalue weighted by Crippen LogP contribution is 2.17. The summed E-state index contributed by atoms with van der Waals surface area (Å²) in [6, 6.07) is 10.6. The van der Waals surface area contributed by atoms with Gasteiger partial charge in [0.1, 0.15) is 11.6 Å². The Morgan fingerprint density at radius 2 is 1.79 bits per heavy atom. The van der Waals surface area contributed by atoms with Gasteiger partial charge in [0, 0.05) is 38.4 Å². The van der Waals surface area contributed by atoms with E-state index in [-0.39, 0.29) is 18.0 Å². The van der Waals surface area contributed by atoms with Crippen LogP contribution in [-0.4, -0.2) is 56.6 Å². The number of halogens is 2. The fraction of sp³-hybridized carbons (Fsp3) is 0.333. The Labute approximate surface area is 168 Å². The molecule has 2 amide bonds. The summed E-state index contributed by atoms with van der Waals surface area (Å²) in [6.07, 6.45) is 0. The molecule has 154 valence electrons. The second-order valence-electron chi connectivity index (χ2n) is 6.82. The molecular weight excluding hydrogens is 380 g/mol. The molecule has 1 aliphatic rings. The van der Waals surface area contributed by atoms with Gasteiger partial charge in [0.15, 0.2) is 0 Å². The zero-order chi connectivity index (χ0) is 20.8. The summed E-state index contributed by atoms with van der Waals surface area (Å²) < 4.78 is 31.9. The molecule has 29 heavy (non-hydrogen) atoms. The summed E-state index contributed by atoms with van der Waals surface area (Å²) in [4.78, 5) is 28.0. The number of ether oxygens (including phenoxy) is 1. The number of amides is 2. The highest BCUT2D eigenvalue weighted by molar-refractivity contribution is 5.96. The molecule has 2 aromatic carbocycles. The minimum Gasteiger partial charge on any atom is -0.378 e. The second kappa shape index (κ2) is 9.47. The van der Waals surface area contributed by atoms with Gasteiger partial charge in [0.25, 0.3) is 5.91 Å². The summed E-state index contributed by atoms with van der Waals surface area (Å²) in [5, 5.41) is 2.37. The third-order valence-electron chi connectivity index (χ3n) is 4.73. The van der Waals surface area contributed by atoms with E-state index in [2.05, 4.69) is 10.2 Å². The van der Waals surface area contributed by atoms with E-state index in [0.29, 0.717) is 25.8 Å². The highest BCUT2D eigenvalue weighted by Gasteiger charge is 2.16. The van der Waals surface area contributed by atoms with E-state index in [1.54, 1.807) is 7.05 Å². The molecule has 2 aromatic rings. The van der Waals surface area contributed by atoms with Crippen molar-refractivity contribution >= 4 is 17.5 Å². The first-order valence-electron chi connectivity index (χ1n) is 9.33. The van der Waals surface area contributed by atoms with Crippen LogP contribution in [0.4, 0.5) is 14.5 Å². The average molecular weight is 403 g/mol. The van der Waals surface area contributed by atoms with Crippen molar-refractivity contribution in [2.24, 2.45) is 0 Å². The standard InChI is InChI=1S/C21H23F2N3O3/c1-25(14-15-2-5-17(6-3-15)26-8-10-29-11-9-26)20(27)13-24-21(28)18-7-4-16(22)12-19(18)23/h2-7,12H,8-11,13-14H2,1H3,(H,24,28). The first-order valence-corrected chi connectivity index (χ1v) is 9.33. The normalized spacial score (nSPS) is 13.8. The molecule has 3 rings (SSSR count). The van der Waals surface area contributed by atoms with Gasteiger partial charge in [-0.25, -0.2) is 8.78 Å². The minimum absolute atomic E-state index is 0.280. The molecule has 1 N–H and O–H groups in total. The van der Waals surface area contributed by atoms with E-state index >= 15 is 0 Å². The Hall–Kier alpha value is -3.00. The number of likely N-dealkylation sites (N-methyl/N-ethyl adjacent to an activating group) is 1. The van der Waals surface area contributed by atoms with Crippen molar-refractivity contribution in [3.63, 3.8) is 0 Å². The summed E-state index contributed by atoms with van der Waals surface area (Å²) in [6.45, 7) is 3.23. The average Bonchev–Trinajstić information content (AvgIpc) is 2.73. The first-order chi connectivity index (χ1) is 13.9. The molecule has 1 aliphatic heterocycles. The lowest BCUT2D eigenvalue weighted by Gasteiger charge is -2.29. The first kappa shape index (κ1) is 20.7. The molecule has 0 aromatic heterocycles. The molecule has 0 unspecified atom stereocenters. The molecule has 8 heteroatoms. The quantitative estimate of drug-likeness (QED) is 0.803. The van der Waals surface area contributed by atoms with Crippen LogP contribution < -0.4 is 10.2 Å². The van der Waals surface area contributed by atoms with Crippen LogP contribution in [0, 0.1) is 11.6 Å². The van der Waals surface area contributed by atoms with Crippen molar-refractivity contribution in [2.75, 3.05) is 44.8 Å². The highest BCUT2D eigenvalue weighted by atomic mass is 19.1.